The summed E-state index contributed by atoms with van der Waals surface area (Å²) < 4.78 is 27.3. The lowest BCUT2D eigenvalue weighted by atomic mass is 10.2. The van der Waals surface area contributed by atoms with Gasteiger partial charge in [0.25, 0.3) is 0 Å². The molecular weight excluding hydrogens is 373 g/mol. The second kappa shape index (κ2) is 6.24. The van der Waals surface area contributed by atoms with Gasteiger partial charge in [-0.15, -0.1) is 11.6 Å². The highest BCUT2D eigenvalue weighted by molar-refractivity contribution is 14.1. The number of anilines is 1. The van der Waals surface area contributed by atoms with E-state index in [9.17, 15) is 8.42 Å². The summed E-state index contributed by atoms with van der Waals surface area (Å²) in [5.74, 6) is 0.326. The smallest absolute Gasteiger partial charge is 0.233 e. The number of rotatable bonds is 5. The van der Waals surface area contributed by atoms with Gasteiger partial charge in [-0.3, -0.25) is 4.72 Å². The maximum absolute atomic E-state index is 11.8. The summed E-state index contributed by atoms with van der Waals surface area (Å²) in [6.45, 7) is 3.69. The fourth-order valence-corrected chi connectivity index (χ4v) is 3.77. The molecule has 17 heavy (non-hydrogen) atoms. The molecule has 0 saturated carbocycles. The largest absolute Gasteiger partial charge is 0.283 e. The Hall–Kier alpha value is -0.0100. The molecule has 0 bridgehead atoms. The Balaban J connectivity index is 2.83. The van der Waals surface area contributed by atoms with Crippen LogP contribution in [0.15, 0.2) is 18.2 Å². The fraction of sp³-hybridized carbons (Fsp3) is 0.455. The maximum atomic E-state index is 11.8. The van der Waals surface area contributed by atoms with E-state index in [0.717, 1.165) is 9.13 Å². The Kier molecular flexibility index (Phi) is 5.53. The minimum Gasteiger partial charge on any atom is -0.283 e. The molecule has 1 aromatic carbocycles. The third kappa shape index (κ3) is 5.01. The van der Waals surface area contributed by atoms with Crippen LogP contribution in [0, 0.1) is 16.4 Å². The van der Waals surface area contributed by atoms with Crippen molar-refractivity contribution < 1.29 is 8.42 Å². The summed E-state index contributed by atoms with van der Waals surface area (Å²) in [5, 5.41) is 0. The number of hydrogen-bond donors (Lipinski definition) is 1. The van der Waals surface area contributed by atoms with Gasteiger partial charge in [0.15, 0.2) is 0 Å². The zero-order valence-corrected chi connectivity index (χ0v) is 13.4. The lowest BCUT2D eigenvalue weighted by molar-refractivity contribution is 0.588. The van der Waals surface area contributed by atoms with Crippen molar-refractivity contribution >= 4 is 49.9 Å². The molecule has 0 aliphatic carbocycles. The first-order valence-electron chi connectivity index (χ1n) is 5.16. The van der Waals surface area contributed by atoms with Gasteiger partial charge < -0.3 is 0 Å². The summed E-state index contributed by atoms with van der Waals surface area (Å²) in [6, 6.07) is 5.58. The van der Waals surface area contributed by atoms with Crippen LogP contribution < -0.4 is 4.72 Å². The number of sulfonamides is 1. The Bertz CT molecular complexity index is 490. The van der Waals surface area contributed by atoms with Crippen molar-refractivity contribution in [1.82, 2.24) is 0 Å². The first kappa shape index (κ1) is 15.0. The first-order valence-corrected chi connectivity index (χ1v) is 8.43. The van der Waals surface area contributed by atoms with Gasteiger partial charge in [0.1, 0.15) is 0 Å². The first-order chi connectivity index (χ1) is 7.84. The average Bonchev–Trinajstić information content (AvgIpc) is 2.21. The lowest BCUT2D eigenvalue weighted by Crippen LogP contribution is -2.22. The van der Waals surface area contributed by atoms with Crippen molar-refractivity contribution in [3.05, 3.63) is 27.3 Å². The Morgan fingerprint density at radius 3 is 2.65 bits per heavy atom. The summed E-state index contributed by atoms with van der Waals surface area (Å²) >= 11 is 7.81. The van der Waals surface area contributed by atoms with Crippen molar-refractivity contribution in [3.63, 3.8) is 0 Å². The van der Waals surface area contributed by atoms with Gasteiger partial charge in [0, 0.05) is 9.45 Å². The normalized spacial score (nSPS) is 13.4. The summed E-state index contributed by atoms with van der Waals surface area (Å²) in [5.41, 5.74) is 1.55. The fourth-order valence-electron chi connectivity index (χ4n) is 1.37. The van der Waals surface area contributed by atoms with E-state index in [1.54, 1.807) is 6.07 Å². The van der Waals surface area contributed by atoms with Crippen molar-refractivity contribution in [2.45, 2.75) is 13.8 Å². The molecule has 3 nitrogen and oxygen atoms in total. The van der Waals surface area contributed by atoms with Crippen LogP contribution in [0.5, 0.6) is 0 Å². The van der Waals surface area contributed by atoms with Gasteiger partial charge >= 0.3 is 0 Å². The van der Waals surface area contributed by atoms with Gasteiger partial charge in [-0.2, -0.15) is 0 Å². The molecule has 0 radical (unpaired) electrons. The molecule has 0 aromatic heterocycles. The van der Waals surface area contributed by atoms with E-state index in [-0.39, 0.29) is 11.7 Å². The molecule has 0 heterocycles. The standard InChI is InChI=1S/C11H15ClINO2S/c1-8(6-12)7-17(15,16)14-11-4-3-10(13)5-9(11)2/h3-5,8,14H,6-7H2,1-2H3. The molecule has 1 rings (SSSR count). The van der Waals surface area contributed by atoms with E-state index >= 15 is 0 Å². The molecule has 0 fully saturated rings. The van der Waals surface area contributed by atoms with Crippen molar-refractivity contribution in [2.24, 2.45) is 5.92 Å². The Labute approximate surface area is 121 Å². The lowest BCUT2D eigenvalue weighted by Gasteiger charge is -2.13. The quantitative estimate of drug-likeness (QED) is 0.623. The molecule has 6 heteroatoms. The molecule has 1 atom stereocenters. The average molecular weight is 388 g/mol. The van der Waals surface area contributed by atoms with E-state index in [2.05, 4.69) is 27.3 Å². The van der Waals surface area contributed by atoms with E-state index in [1.807, 2.05) is 26.0 Å². The maximum Gasteiger partial charge on any atom is 0.233 e. The molecule has 0 aliphatic heterocycles. The molecule has 0 aliphatic rings. The second-order valence-corrected chi connectivity index (χ2v) is 7.42. The van der Waals surface area contributed by atoms with E-state index in [0.29, 0.717) is 11.6 Å². The predicted molar refractivity (Wildman–Crippen MR) is 81.2 cm³/mol. The van der Waals surface area contributed by atoms with Gasteiger partial charge in [0.2, 0.25) is 10.0 Å². The SMILES string of the molecule is Cc1cc(I)ccc1NS(=O)(=O)CC(C)CCl. The zero-order valence-electron chi connectivity index (χ0n) is 9.70. The number of nitrogens with one attached hydrogen (secondary N) is 1. The second-order valence-electron chi connectivity index (χ2n) is 4.10. The molecule has 0 amide bonds. The third-order valence-electron chi connectivity index (χ3n) is 2.22. The molecule has 96 valence electrons. The number of halogens is 2. The van der Waals surface area contributed by atoms with E-state index < -0.39 is 10.0 Å². The van der Waals surface area contributed by atoms with Gasteiger partial charge in [0.05, 0.1) is 11.4 Å². The van der Waals surface area contributed by atoms with E-state index in [4.69, 9.17) is 11.6 Å². The van der Waals surface area contributed by atoms with Crippen LogP contribution in [0.25, 0.3) is 0 Å². The topological polar surface area (TPSA) is 46.2 Å². The molecular formula is C11H15ClINO2S. The van der Waals surface area contributed by atoms with Crippen LogP contribution in [0.1, 0.15) is 12.5 Å². The van der Waals surface area contributed by atoms with Crippen molar-refractivity contribution in [1.29, 1.82) is 0 Å². The number of aryl methyl sites for hydroxylation is 1. The van der Waals surface area contributed by atoms with Gasteiger partial charge in [-0.05, 0) is 59.2 Å². The van der Waals surface area contributed by atoms with Crippen molar-refractivity contribution in [3.8, 4) is 0 Å². The number of alkyl halides is 1. The Morgan fingerprint density at radius 1 is 1.47 bits per heavy atom. The van der Waals surface area contributed by atoms with Gasteiger partial charge in [-0.1, -0.05) is 6.92 Å². The van der Waals surface area contributed by atoms with Crippen LogP contribution in [0.2, 0.25) is 0 Å². The zero-order chi connectivity index (χ0) is 13.1. The number of benzene rings is 1. The number of hydrogen-bond acceptors (Lipinski definition) is 2. The van der Waals surface area contributed by atoms with Crippen LogP contribution >= 0.6 is 34.2 Å². The highest BCUT2D eigenvalue weighted by atomic mass is 127. The molecule has 1 aromatic rings. The summed E-state index contributed by atoms with van der Waals surface area (Å²) in [6.07, 6.45) is 0. The van der Waals surface area contributed by atoms with E-state index in [1.165, 1.54) is 0 Å². The monoisotopic (exact) mass is 387 g/mol. The van der Waals surface area contributed by atoms with Crippen LogP contribution in [0.4, 0.5) is 5.69 Å². The van der Waals surface area contributed by atoms with Crippen LogP contribution in [0.3, 0.4) is 0 Å². The Morgan fingerprint density at radius 2 is 2.12 bits per heavy atom. The van der Waals surface area contributed by atoms with Crippen LogP contribution in [-0.2, 0) is 10.0 Å². The highest BCUT2D eigenvalue weighted by Gasteiger charge is 2.15. The summed E-state index contributed by atoms with van der Waals surface area (Å²) in [7, 11) is -3.32. The molecule has 0 saturated heterocycles. The van der Waals surface area contributed by atoms with Crippen LogP contribution in [-0.4, -0.2) is 20.1 Å². The third-order valence-corrected chi connectivity index (χ3v) is 4.96. The molecule has 1 N–H and O–H groups in total. The van der Waals surface area contributed by atoms with Gasteiger partial charge in [-0.25, -0.2) is 8.42 Å². The molecule has 0 spiro atoms. The van der Waals surface area contributed by atoms with Crippen molar-refractivity contribution in [2.75, 3.05) is 16.4 Å². The minimum absolute atomic E-state index is 0.0436. The predicted octanol–water partition coefficient (Wildman–Crippen LogP) is 3.22. The summed E-state index contributed by atoms with van der Waals surface area (Å²) in [4.78, 5) is 0. The minimum atomic E-state index is -3.32. The highest BCUT2D eigenvalue weighted by Crippen LogP contribution is 2.19. The molecule has 1 unspecified atom stereocenters.